The first-order valence-electron chi connectivity index (χ1n) is 7.29. The van der Waals surface area contributed by atoms with Gasteiger partial charge in [0.25, 0.3) is 0 Å². The molecule has 0 saturated carbocycles. The lowest BCUT2D eigenvalue weighted by Crippen LogP contribution is -2.54. The number of benzene rings is 1. The molecule has 0 radical (unpaired) electrons. The zero-order valence-corrected chi connectivity index (χ0v) is 11.5. The predicted molar refractivity (Wildman–Crippen MR) is 75.7 cm³/mol. The van der Waals surface area contributed by atoms with Gasteiger partial charge in [-0.2, -0.15) is 0 Å². The zero-order valence-electron chi connectivity index (χ0n) is 11.5. The first-order valence-corrected chi connectivity index (χ1v) is 7.29. The highest BCUT2D eigenvalue weighted by Gasteiger charge is 2.44. The monoisotopic (exact) mass is 258 g/mol. The Morgan fingerprint density at radius 3 is 2.79 bits per heavy atom. The molecule has 0 aliphatic carbocycles. The summed E-state index contributed by atoms with van der Waals surface area (Å²) < 4.78 is 0. The minimum Gasteiger partial charge on any atom is -0.349 e. The van der Waals surface area contributed by atoms with Crippen LogP contribution in [0.4, 0.5) is 0 Å². The normalized spacial score (nSPS) is 35.1. The van der Waals surface area contributed by atoms with Crippen LogP contribution < -0.4 is 10.6 Å². The summed E-state index contributed by atoms with van der Waals surface area (Å²) >= 11 is 0. The summed E-state index contributed by atoms with van der Waals surface area (Å²) in [6.45, 7) is 2.19. The van der Waals surface area contributed by atoms with Gasteiger partial charge in [-0.3, -0.25) is 4.79 Å². The van der Waals surface area contributed by atoms with Gasteiger partial charge >= 0.3 is 0 Å². The van der Waals surface area contributed by atoms with E-state index in [2.05, 4.69) is 41.8 Å². The lowest BCUT2D eigenvalue weighted by Gasteiger charge is -2.34. The maximum Gasteiger partial charge on any atom is 0.220 e. The first-order chi connectivity index (χ1) is 9.17. The molecule has 0 spiro atoms. The second kappa shape index (κ2) is 4.97. The summed E-state index contributed by atoms with van der Waals surface area (Å²) in [6, 6.07) is 11.3. The van der Waals surface area contributed by atoms with Crippen LogP contribution in [0, 0.1) is 0 Å². The molecule has 3 rings (SSSR count). The summed E-state index contributed by atoms with van der Waals surface area (Å²) in [6.07, 6.45) is 4.96. The fourth-order valence-corrected chi connectivity index (χ4v) is 3.51. The lowest BCUT2D eigenvalue weighted by atomic mass is 9.85. The van der Waals surface area contributed by atoms with Gasteiger partial charge in [-0.15, -0.1) is 0 Å². The lowest BCUT2D eigenvalue weighted by molar-refractivity contribution is -0.123. The molecular weight excluding hydrogens is 236 g/mol. The van der Waals surface area contributed by atoms with Gasteiger partial charge in [0, 0.05) is 18.5 Å². The average Bonchev–Trinajstić information content (AvgIpc) is 2.70. The molecular formula is C16H22N2O. The van der Waals surface area contributed by atoms with Gasteiger partial charge in [0.05, 0.1) is 5.54 Å². The molecule has 102 valence electrons. The van der Waals surface area contributed by atoms with Crippen molar-refractivity contribution >= 4 is 5.91 Å². The molecule has 2 N–H and O–H groups in total. The van der Waals surface area contributed by atoms with Crippen molar-refractivity contribution in [3.63, 3.8) is 0 Å². The number of hydrogen-bond acceptors (Lipinski definition) is 2. The Balaban J connectivity index is 1.82. The van der Waals surface area contributed by atoms with E-state index in [0.717, 1.165) is 25.7 Å². The topological polar surface area (TPSA) is 41.1 Å². The first kappa shape index (κ1) is 12.7. The number of fused-ring (bicyclic) bond motifs is 1. The summed E-state index contributed by atoms with van der Waals surface area (Å²) in [5.74, 6) is 0.211. The molecule has 3 nitrogen and oxygen atoms in total. The van der Waals surface area contributed by atoms with Crippen LogP contribution in [0.5, 0.6) is 0 Å². The molecule has 2 heterocycles. The van der Waals surface area contributed by atoms with Crippen molar-refractivity contribution in [3.8, 4) is 0 Å². The Kier molecular flexibility index (Phi) is 3.31. The van der Waals surface area contributed by atoms with E-state index in [1.807, 2.05) is 6.07 Å². The number of rotatable bonds is 1. The van der Waals surface area contributed by atoms with E-state index in [9.17, 15) is 4.79 Å². The van der Waals surface area contributed by atoms with E-state index in [-0.39, 0.29) is 11.4 Å². The van der Waals surface area contributed by atoms with Crippen molar-refractivity contribution in [3.05, 3.63) is 35.9 Å². The predicted octanol–water partition coefficient (Wildman–Crippen LogP) is 2.54. The molecule has 1 aromatic rings. The maximum atomic E-state index is 11.9. The smallest absolute Gasteiger partial charge is 0.220 e. The Hall–Kier alpha value is -1.35. The second-order valence-electron chi connectivity index (χ2n) is 6.10. The number of carbonyl (C=O) groups excluding carboxylic acids is 1. The van der Waals surface area contributed by atoms with Crippen LogP contribution in [0.25, 0.3) is 0 Å². The number of nitrogens with one attached hydrogen (secondary N) is 2. The maximum absolute atomic E-state index is 11.9. The van der Waals surface area contributed by atoms with Crippen molar-refractivity contribution < 1.29 is 4.79 Å². The highest BCUT2D eigenvalue weighted by Crippen LogP contribution is 2.37. The average molecular weight is 258 g/mol. The Labute approximate surface area is 114 Å². The van der Waals surface area contributed by atoms with E-state index in [0.29, 0.717) is 18.5 Å². The second-order valence-corrected chi connectivity index (χ2v) is 6.10. The van der Waals surface area contributed by atoms with Crippen molar-refractivity contribution in [1.29, 1.82) is 0 Å². The molecule has 2 saturated heterocycles. The summed E-state index contributed by atoms with van der Waals surface area (Å²) in [5, 5.41) is 6.98. The van der Waals surface area contributed by atoms with Crippen LogP contribution >= 0.6 is 0 Å². The summed E-state index contributed by atoms with van der Waals surface area (Å²) in [4.78, 5) is 11.9. The highest BCUT2D eigenvalue weighted by atomic mass is 16.1. The van der Waals surface area contributed by atoms with Gasteiger partial charge in [-0.25, -0.2) is 0 Å². The van der Waals surface area contributed by atoms with Crippen LogP contribution in [0.1, 0.15) is 50.6 Å². The molecule has 0 aromatic heterocycles. The highest BCUT2D eigenvalue weighted by molar-refractivity contribution is 5.77. The Morgan fingerprint density at radius 1 is 1.21 bits per heavy atom. The molecule has 0 bridgehead atoms. The summed E-state index contributed by atoms with van der Waals surface area (Å²) in [7, 11) is 0. The standard InChI is InChI=1S/C16H22N2O/c1-16-11-13(12-7-3-2-4-8-12)17-14(16)9-5-6-10-15(19)18-16/h2-4,7-8,13-14,17H,5-6,9-11H2,1H3,(H,18,19)/t13-,14?,16-/m0/s1. The Morgan fingerprint density at radius 2 is 2.00 bits per heavy atom. The molecule has 3 heteroatoms. The number of hydrogen-bond donors (Lipinski definition) is 2. The van der Waals surface area contributed by atoms with Crippen molar-refractivity contribution in [2.45, 2.75) is 56.7 Å². The van der Waals surface area contributed by atoms with Crippen LogP contribution in [0.3, 0.4) is 0 Å². The third-order valence-corrected chi connectivity index (χ3v) is 4.57. The molecule has 1 unspecified atom stereocenters. The fraction of sp³-hybridized carbons (Fsp3) is 0.562. The van der Waals surface area contributed by atoms with E-state index in [1.54, 1.807) is 0 Å². The van der Waals surface area contributed by atoms with Crippen LogP contribution in [0.2, 0.25) is 0 Å². The molecule has 2 aliphatic rings. The van der Waals surface area contributed by atoms with Crippen LogP contribution in [-0.4, -0.2) is 17.5 Å². The van der Waals surface area contributed by atoms with E-state index >= 15 is 0 Å². The van der Waals surface area contributed by atoms with Gasteiger partial charge < -0.3 is 10.6 Å². The molecule has 1 amide bonds. The van der Waals surface area contributed by atoms with Gasteiger partial charge in [0.2, 0.25) is 5.91 Å². The van der Waals surface area contributed by atoms with Gasteiger partial charge in [0.15, 0.2) is 0 Å². The molecule has 2 fully saturated rings. The van der Waals surface area contributed by atoms with E-state index in [1.165, 1.54) is 5.56 Å². The van der Waals surface area contributed by atoms with Crippen LogP contribution in [-0.2, 0) is 4.79 Å². The van der Waals surface area contributed by atoms with Crippen molar-refractivity contribution in [2.24, 2.45) is 0 Å². The van der Waals surface area contributed by atoms with E-state index in [4.69, 9.17) is 0 Å². The molecule has 3 atom stereocenters. The zero-order chi connectivity index (χ0) is 13.3. The van der Waals surface area contributed by atoms with Gasteiger partial charge in [0.1, 0.15) is 0 Å². The third kappa shape index (κ3) is 2.52. The van der Waals surface area contributed by atoms with Crippen molar-refractivity contribution in [2.75, 3.05) is 0 Å². The third-order valence-electron chi connectivity index (χ3n) is 4.57. The largest absolute Gasteiger partial charge is 0.349 e. The Bertz CT molecular complexity index is 459. The van der Waals surface area contributed by atoms with Gasteiger partial charge in [-0.1, -0.05) is 36.8 Å². The number of amides is 1. The molecule has 2 aliphatic heterocycles. The molecule has 1 aromatic carbocycles. The van der Waals surface area contributed by atoms with E-state index < -0.39 is 0 Å². The van der Waals surface area contributed by atoms with Gasteiger partial charge in [-0.05, 0) is 31.7 Å². The SMILES string of the molecule is C[C@]12C[C@@H](c3ccccc3)NC1CCCCC(=O)N2. The summed E-state index contributed by atoms with van der Waals surface area (Å²) in [5.41, 5.74) is 1.22. The van der Waals surface area contributed by atoms with Crippen LogP contribution in [0.15, 0.2) is 30.3 Å². The molecule has 19 heavy (non-hydrogen) atoms. The minimum absolute atomic E-state index is 0.0992. The fourth-order valence-electron chi connectivity index (χ4n) is 3.51. The van der Waals surface area contributed by atoms with Crippen molar-refractivity contribution in [1.82, 2.24) is 10.6 Å². The minimum atomic E-state index is -0.0992. The number of carbonyl (C=O) groups is 1. The quantitative estimate of drug-likeness (QED) is 0.812.